The van der Waals surface area contributed by atoms with Crippen LogP contribution in [0.15, 0.2) is 66.5 Å². The highest BCUT2D eigenvalue weighted by Crippen LogP contribution is 2.33. The quantitative estimate of drug-likeness (QED) is 0.177. The first-order valence-electron chi connectivity index (χ1n) is 12.4. The lowest BCUT2D eigenvalue weighted by Crippen LogP contribution is -2.19. The molecule has 0 radical (unpaired) electrons. The van der Waals surface area contributed by atoms with E-state index in [4.69, 9.17) is 0 Å². The van der Waals surface area contributed by atoms with Crippen molar-refractivity contribution < 1.29 is 27.5 Å². The molecule has 4 aromatic rings. The molecule has 2 amide bonds. The summed E-state index contributed by atoms with van der Waals surface area (Å²) >= 11 is 0. The topological polar surface area (TPSA) is 122 Å². The zero-order chi connectivity index (χ0) is 27.9. The largest absolute Gasteiger partial charge is 0.573 e. The predicted octanol–water partition coefficient (Wildman–Crippen LogP) is 5.12. The number of fused-ring (bicyclic) bond motifs is 1. The van der Waals surface area contributed by atoms with E-state index in [1.54, 1.807) is 41.2 Å². The van der Waals surface area contributed by atoms with E-state index in [1.807, 2.05) is 12.1 Å². The van der Waals surface area contributed by atoms with Crippen LogP contribution in [0, 0.1) is 0 Å². The third-order valence-corrected chi connectivity index (χ3v) is 6.13. The third kappa shape index (κ3) is 5.98. The van der Waals surface area contributed by atoms with Crippen LogP contribution < -0.4 is 26.0 Å². The lowest BCUT2D eigenvalue weighted by atomic mass is 10.1. The number of imide groups is 1. The van der Waals surface area contributed by atoms with E-state index in [9.17, 15) is 22.8 Å². The lowest BCUT2D eigenvalue weighted by molar-refractivity contribution is -0.274. The van der Waals surface area contributed by atoms with Gasteiger partial charge in [-0.3, -0.25) is 14.9 Å². The SMILES string of the molecule is O=C1C/C(=C/c2cnn3ccc(Nc4cc(Nc5cccc(OC(F)(F)F)c5)cc(NC5CC5)c4)nc23)C(=O)N1. The molecular formula is C27H22F3N7O3. The van der Waals surface area contributed by atoms with Crippen molar-refractivity contribution in [2.75, 3.05) is 16.0 Å². The van der Waals surface area contributed by atoms with Crippen molar-refractivity contribution in [2.24, 2.45) is 0 Å². The number of aromatic nitrogens is 3. The second-order valence-electron chi connectivity index (χ2n) is 9.45. The van der Waals surface area contributed by atoms with Crippen LogP contribution in [-0.4, -0.2) is 38.8 Å². The number of ether oxygens (including phenoxy) is 1. The van der Waals surface area contributed by atoms with Gasteiger partial charge in [0.1, 0.15) is 11.6 Å². The Bertz CT molecular complexity index is 1660. The number of hydrogen-bond acceptors (Lipinski definition) is 8. The molecule has 1 saturated heterocycles. The number of nitrogens with zero attached hydrogens (tertiary/aromatic N) is 3. The molecule has 1 aliphatic carbocycles. The van der Waals surface area contributed by atoms with Crippen molar-refractivity contribution >= 4 is 52.1 Å². The number of alkyl halides is 3. The van der Waals surface area contributed by atoms with Gasteiger partial charge in [0.25, 0.3) is 5.91 Å². The highest BCUT2D eigenvalue weighted by molar-refractivity contribution is 6.15. The second-order valence-corrected chi connectivity index (χ2v) is 9.45. The molecule has 2 aromatic carbocycles. The summed E-state index contributed by atoms with van der Waals surface area (Å²) in [5.41, 5.74) is 3.94. The normalized spacial score (nSPS) is 16.3. The molecule has 2 aliphatic rings. The molecule has 40 heavy (non-hydrogen) atoms. The minimum atomic E-state index is -4.79. The van der Waals surface area contributed by atoms with Gasteiger partial charge < -0.3 is 20.7 Å². The van der Waals surface area contributed by atoms with Crippen LogP contribution in [0.5, 0.6) is 5.75 Å². The highest BCUT2D eigenvalue weighted by atomic mass is 19.4. The number of amides is 2. The number of nitrogens with one attached hydrogen (secondary N) is 4. The molecule has 13 heteroatoms. The van der Waals surface area contributed by atoms with E-state index in [2.05, 4.69) is 36.1 Å². The van der Waals surface area contributed by atoms with Gasteiger partial charge in [-0.2, -0.15) is 5.10 Å². The molecule has 1 aliphatic heterocycles. The smallest absolute Gasteiger partial charge is 0.406 e. The Kier molecular flexibility index (Phi) is 6.25. The summed E-state index contributed by atoms with van der Waals surface area (Å²) in [5.74, 6) is -0.623. The molecular weight excluding hydrogens is 527 g/mol. The summed E-state index contributed by atoms with van der Waals surface area (Å²) in [6.45, 7) is 0. The van der Waals surface area contributed by atoms with E-state index in [0.29, 0.717) is 45.7 Å². The number of benzene rings is 2. The fourth-order valence-electron chi connectivity index (χ4n) is 4.27. The summed E-state index contributed by atoms with van der Waals surface area (Å²) in [6, 6.07) is 13.3. The van der Waals surface area contributed by atoms with Crippen LogP contribution in [0.3, 0.4) is 0 Å². The number of carbonyl (C=O) groups is 2. The minimum absolute atomic E-state index is 0.00405. The fraction of sp³-hybridized carbons (Fsp3) is 0.185. The van der Waals surface area contributed by atoms with Crippen LogP contribution in [0.4, 0.5) is 41.7 Å². The molecule has 3 heterocycles. The number of carbonyl (C=O) groups excluding carboxylic acids is 2. The van der Waals surface area contributed by atoms with Gasteiger partial charge in [0.05, 0.1) is 12.6 Å². The average molecular weight is 550 g/mol. The van der Waals surface area contributed by atoms with Crippen molar-refractivity contribution in [3.05, 3.63) is 72.1 Å². The molecule has 10 nitrogen and oxygen atoms in total. The number of anilines is 5. The maximum atomic E-state index is 12.7. The van der Waals surface area contributed by atoms with Gasteiger partial charge in [0.2, 0.25) is 5.91 Å². The van der Waals surface area contributed by atoms with Crippen molar-refractivity contribution in [3.63, 3.8) is 0 Å². The maximum Gasteiger partial charge on any atom is 0.573 e. The van der Waals surface area contributed by atoms with Gasteiger partial charge in [-0.15, -0.1) is 13.2 Å². The molecule has 0 bridgehead atoms. The minimum Gasteiger partial charge on any atom is -0.406 e. The Hall–Kier alpha value is -5.07. The standard InChI is InChI=1S/C27H22F3N7O3/c28-27(29,30)40-22-3-1-2-18(13-22)33-20-10-19(32-17-4-5-17)11-21(12-20)34-23-6-7-37-25(35-23)16(14-31-37)8-15-9-24(38)36-26(15)39/h1-3,6-8,10-14,17,32-33H,4-5,9H2,(H,34,35)(H,36,38,39)/b15-8-. The fourth-order valence-corrected chi connectivity index (χ4v) is 4.27. The molecule has 0 spiro atoms. The first-order valence-corrected chi connectivity index (χ1v) is 12.4. The molecule has 1 saturated carbocycles. The second kappa shape index (κ2) is 9.91. The van der Waals surface area contributed by atoms with Gasteiger partial charge >= 0.3 is 6.36 Å². The van der Waals surface area contributed by atoms with E-state index in [0.717, 1.165) is 18.5 Å². The Balaban J connectivity index is 1.27. The van der Waals surface area contributed by atoms with E-state index < -0.39 is 12.3 Å². The first-order chi connectivity index (χ1) is 19.2. The summed E-state index contributed by atoms with van der Waals surface area (Å²) in [6.07, 6.45) is 2.19. The Morgan fingerprint density at radius 2 is 1.77 bits per heavy atom. The maximum absolute atomic E-state index is 12.7. The van der Waals surface area contributed by atoms with Crippen LogP contribution in [0.25, 0.3) is 11.7 Å². The van der Waals surface area contributed by atoms with Crippen molar-refractivity contribution in [1.82, 2.24) is 19.9 Å². The predicted molar refractivity (Wildman–Crippen MR) is 142 cm³/mol. The van der Waals surface area contributed by atoms with E-state index >= 15 is 0 Å². The summed E-state index contributed by atoms with van der Waals surface area (Å²) < 4.78 is 43.6. The van der Waals surface area contributed by atoms with Crippen LogP contribution >= 0.6 is 0 Å². The van der Waals surface area contributed by atoms with Gasteiger partial charge in [-0.25, -0.2) is 9.50 Å². The summed E-state index contributed by atoms with van der Waals surface area (Å²) in [7, 11) is 0. The molecule has 204 valence electrons. The molecule has 6 rings (SSSR count). The van der Waals surface area contributed by atoms with Gasteiger partial charge in [-0.05, 0) is 55.3 Å². The number of rotatable bonds is 8. The first kappa shape index (κ1) is 25.2. The third-order valence-electron chi connectivity index (χ3n) is 6.13. The van der Waals surface area contributed by atoms with E-state index in [-0.39, 0.29) is 18.1 Å². The Labute approximate surface area is 225 Å². The number of halogens is 3. The monoisotopic (exact) mass is 549 g/mol. The zero-order valence-corrected chi connectivity index (χ0v) is 20.7. The average Bonchev–Trinajstić information content (AvgIpc) is 3.51. The summed E-state index contributed by atoms with van der Waals surface area (Å²) in [4.78, 5) is 28.2. The van der Waals surface area contributed by atoms with Gasteiger partial charge in [-0.1, -0.05) is 6.07 Å². The molecule has 0 unspecified atom stereocenters. The van der Waals surface area contributed by atoms with Crippen molar-refractivity contribution in [2.45, 2.75) is 31.7 Å². The van der Waals surface area contributed by atoms with Gasteiger partial charge in [0.15, 0.2) is 5.65 Å². The van der Waals surface area contributed by atoms with Crippen molar-refractivity contribution in [3.8, 4) is 5.75 Å². The summed E-state index contributed by atoms with van der Waals surface area (Å²) in [5, 5.41) is 16.4. The highest BCUT2D eigenvalue weighted by Gasteiger charge is 2.31. The molecule has 0 atom stereocenters. The zero-order valence-electron chi connectivity index (χ0n) is 20.7. The Morgan fingerprint density at radius 3 is 2.50 bits per heavy atom. The van der Waals surface area contributed by atoms with Gasteiger partial charge in [0, 0.05) is 52.2 Å². The molecule has 2 fully saturated rings. The van der Waals surface area contributed by atoms with Crippen LogP contribution in [-0.2, 0) is 9.59 Å². The Morgan fingerprint density at radius 1 is 1.00 bits per heavy atom. The lowest BCUT2D eigenvalue weighted by Gasteiger charge is -2.15. The number of hydrogen-bond donors (Lipinski definition) is 4. The molecule has 2 aromatic heterocycles. The van der Waals surface area contributed by atoms with Crippen LogP contribution in [0.2, 0.25) is 0 Å². The van der Waals surface area contributed by atoms with Crippen LogP contribution in [0.1, 0.15) is 24.8 Å². The van der Waals surface area contributed by atoms with E-state index in [1.165, 1.54) is 18.2 Å². The van der Waals surface area contributed by atoms with Crippen molar-refractivity contribution in [1.29, 1.82) is 0 Å². The molecule has 4 N–H and O–H groups in total.